The van der Waals surface area contributed by atoms with E-state index in [0.29, 0.717) is 79.8 Å². The first-order valence-electron chi connectivity index (χ1n) is 16.8. The van der Waals surface area contributed by atoms with Crippen LogP contribution in [-0.4, -0.2) is 73.4 Å². The van der Waals surface area contributed by atoms with Crippen LogP contribution in [0.25, 0.3) is 0 Å². The Balaban J connectivity index is 1.25. The van der Waals surface area contributed by atoms with Crippen molar-refractivity contribution in [3.8, 4) is 11.5 Å². The van der Waals surface area contributed by atoms with Crippen molar-refractivity contribution in [2.24, 2.45) is 29.6 Å². The first-order chi connectivity index (χ1) is 21.9. The summed E-state index contributed by atoms with van der Waals surface area (Å²) in [5.41, 5.74) is 0.115. The average molecular weight is 620 g/mol. The number of nitrogens with zero attached hydrogens (tertiary/aromatic N) is 1. The van der Waals surface area contributed by atoms with E-state index in [4.69, 9.17) is 18.9 Å². The Morgan fingerprint density at radius 3 is 2.09 bits per heavy atom. The van der Waals surface area contributed by atoms with Crippen LogP contribution in [0.3, 0.4) is 0 Å². The van der Waals surface area contributed by atoms with Gasteiger partial charge in [0.2, 0.25) is 0 Å². The zero-order chi connectivity index (χ0) is 31.0. The number of carbonyl (C=O) groups is 2. The van der Waals surface area contributed by atoms with Gasteiger partial charge in [0.1, 0.15) is 17.2 Å². The van der Waals surface area contributed by atoms with Crippen LogP contribution in [0.4, 0.5) is 5.69 Å². The minimum absolute atomic E-state index is 0.0484. The highest BCUT2D eigenvalue weighted by atomic mass is 16.5. The number of carboxylic acids is 1. The number of anilines is 1. The topological polar surface area (TPSA) is 115 Å². The second-order valence-corrected chi connectivity index (χ2v) is 14.1. The van der Waals surface area contributed by atoms with Crippen molar-refractivity contribution >= 4 is 17.6 Å². The third kappa shape index (κ3) is 6.44. The van der Waals surface area contributed by atoms with Crippen LogP contribution >= 0.6 is 0 Å². The van der Waals surface area contributed by atoms with Crippen molar-refractivity contribution in [2.75, 3.05) is 44.5 Å². The summed E-state index contributed by atoms with van der Waals surface area (Å²) in [6, 6.07) is 12.1. The van der Waals surface area contributed by atoms with Gasteiger partial charge in [-0.3, -0.25) is 4.79 Å². The summed E-state index contributed by atoms with van der Waals surface area (Å²) in [4.78, 5) is 29.4. The van der Waals surface area contributed by atoms with Gasteiger partial charge in [-0.2, -0.15) is 0 Å². The summed E-state index contributed by atoms with van der Waals surface area (Å²) >= 11 is 0. The van der Waals surface area contributed by atoms with E-state index in [0.717, 1.165) is 58.2 Å². The van der Waals surface area contributed by atoms with Gasteiger partial charge >= 0.3 is 5.97 Å². The van der Waals surface area contributed by atoms with E-state index in [2.05, 4.69) is 0 Å². The van der Waals surface area contributed by atoms with Crippen LogP contribution in [-0.2, 0) is 9.47 Å². The number of hydrogen-bond donors (Lipinski definition) is 2. The van der Waals surface area contributed by atoms with E-state index in [-0.39, 0.29) is 29.3 Å². The normalized spacial score (nSPS) is 29.8. The molecule has 4 saturated carbocycles. The molecule has 0 spiro atoms. The second kappa shape index (κ2) is 12.9. The van der Waals surface area contributed by atoms with E-state index < -0.39 is 11.6 Å². The largest absolute Gasteiger partial charge is 0.493 e. The molecule has 6 fully saturated rings. The molecule has 9 nitrogen and oxygen atoms in total. The number of aliphatic hydroxyl groups is 1. The molecule has 6 aliphatic rings. The molecule has 2 unspecified atom stereocenters. The number of ether oxygens (including phenoxy) is 4. The quantitative estimate of drug-likeness (QED) is 0.354. The molecule has 2 aliphatic heterocycles. The summed E-state index contributed by atoms with van der Waals surface area (Å²) in [5, 5.41) is 21.9. The summed E-state index contributed by atoms with van der Waals surface area (Å²) in [6.07, 6.45) is 7.57. The number of carboxylic acid groups (broad SMARTS) is 1. The molecule has 45 heavy (non-hydrogen) atoms. The molecule has 2 aromatic rings. The van der Waals surface area contributed by atoms with Crippen molar-refractivity contribution in [3.05, 3.63) is 53.6 Å². The number of benzene rings is 2. The smallest absolute Gasteiger partial charge is 0.337 e. The Kier molecular flexibility index (Phi) is 8.77. The van der Waals surface area contributed by atoms with E-state index in [1.165, 1.54) is 0 Å². The summed E-state index contributed by atoms with van der Waals surface area (Å²) < 4.78 is 23.6. The van der Waals surface area contributed by atoms with Crippen molar-refractivity contribution in [1.82, 2.24) is 0 Å². The molecule has 0 aromatic heterocycles. The van der Waals surface area contributed by atoms with Crippen LogP contribution in [0, 0.1) is 29.6 Å². The van der Waals surface area contributed by atoms with Crippen LogP contribution in [0.2, 0.25) is 0 Å². The maximum absolute atomic E-state index is 14.9. The molecule has 0 radical (unpaired) electrons. The summed E-state index contributed by atoms with van der Waals surface area (Å²) in [7, 11) is 0. The first kappa shape index (κ1) is 30.5. The summed E-state index contributed by atoms with van der Waals surface area (Å²) in [6.45, 7) is 3.83. The summed E-state index contributed by atoms with van der Waals surface area (Å²) in [5.74, 6) is 0.947. The molecule has 8 rings (SSSR count). The lowest BCUT2D eigenvalue weighted by Crippen LogP contribution is -2.63. The predicted octanol–water partition coefficient (Wildman–Crippen LogP) is 5.58. The van der Waals surface area contributed by atoms with Gasteiger partial charge in [-0.05, 0) is 118 Å². The molecule has 4 aliphatic carbocycles. The van der Waals surface area contributed by atoms with Gasteiger partial charge in [0.15, 0.2) is 0 Å². The average Bonchev–Trinajstić information content (AvgIpc) is 3.04. The minimum atomic E-state index is -1.10. The number of amides is 1. The fourth-order valence-corrected chi connectivity index (χ4v) is 8.93. The lowest BCUT2D eigenvalue weighted by atomic mass is 9.52. The minimum Gasteiger partial charge on any atom is -0.493 e. The Morgan fingerprint density at radius 2 is 1.47 bits per heavy atom. The molecule has 9 heteroatoms. The number of rotatable bonds is 10. The number of aromatic carboxylic acids is 1. The highest BCUT2D eigenvalue weighted by Crippen LogP contribution is 2.58. The highest BCUT2D eigenvalue weighted by Gasteiger charge is 2.57. The van der Waals surface area contributed by atoms with Crippen molar-refractivity contribution in [1.29, 1.82) is 0 Å². The standard InChI is InChI=1S/C36H45NO8/c38-34(26-3-1-4-29(17-26)44-21-23-7-11-42-12-8-23)37(32-27-15-25-16-28(32)20-36(41,18-25)19-27)33-30(35(39)40)5-2-6-31(33)45-22-24-9-13-43-14-10-24/h1-6,17,23-25,27-28,32,41H,7-16,18-22H2,(H,39,40). The van der Waals surface area contributed by atoms with E-state index in [9.17, 15) is 19.8 Å². The Hall–Kier alpha value is -3.14. The molecule has 2 saturated heterocycles. The molecule has 1 amide bonds. The predicted molar refractivity (Wildman–Crippen MR) is 167 cm³/mol. The van der Waals surface area contributed by atoms with Gasteiger partial charge in [-0.25, -0.2) is 4.79 Å². The number of hydrogen-bond acceptors (Lipinski definition) is 7. The van der Waals surface area contributed by atoms with Gasteiger partial charge in [0.05, 0.1) is 24.4 Å². The van der Waals surface area contributed by atoms with E-state index in [1.54, 1.807) is 35.2 Å². The monoisotopic (exact) mass is 619 g/mol. The Bertz CT molecular complexity index is 1370. The maximum Gasteiger partial charge on any atom is 0.337 e. The van der Waals surface area contributed by atoms with Crippen molar-refractivity contribution in [3.63, 3.8) is 0 Å². The third-order valence-corrected chi connectivity index (χ3v) is 10.9. The molecular weight excluding hydrogens is 574 g/mol. The zero-order valence-electron chi connectivity index (χ0n) is 25.9. The fraction of sp³-hybridized carbons (Fsp3) is 0.611. The van der Waals surface area contributed by atoms with Gasteiger partial charge in [0.25, 0.3) is 5.91 Å². The van der Waals surface area contributed by atoms with Crippen LogP contribution in [0.5, 0.6) is 11.5 Å². The Morgan fingerprint density at radius 1 is 0.844 bits per heavy atom. The first-order valence-corrected chi connectivity index (χ1v) is 16.8. The molecule has 2 aromatic carbocycles. The van der Waals surface area contributed by atoms with E-state index in [1.807, 2.05) is 12.1 Å². The molecular formula is C36H45NO8. The third-order valence-electron chi connectivity index (χ3n) is 10.9. The molecule has 2 N–H and O–H groups in total. The molecule has 4 bridgehead atoms. The van der Waals surface area contributed by atoms with E-state index >= 15 is 0 Å². The number of para-hydroxylation sites is 1. The van der Waals surface area contributed by atoms with Crippen LogP contribution in [0.1, 0.15) is 78.5 Å². The highest BCUT2D eigenvalue weighted by molar-refractivity contribution is 6.11. The maximum atomic E-state index is 14.9. The fourth-order valence-electron chi connectivity index (χ4n) is 8.93. The lowest BCUT2D eigenvalue weighted by Gasteiger charge is -2.60. The van der Waals surface area contributed by atoms with Gasteiger partial charge in [-0.1, -0.05) is 12.1 Å². The SMILES string of the molecule is O=C(O)c1cccc(OCC2CCOCC2)c1N(C(=O)c1cccc(OCC2CCOCC2)c1)C1C2CC3CC1CC(O)(C3)C2. The molecule has 242 valence electrons. The van der Waals surface area contributed by atoms with Crippen LogP contribution in [0.15, 0.2) is 42.5 Å². The Labute approximate surface area is 264 Å². The lowest BCUT2D eigenvalue weighted by molar-refractivity contribution is -0.132. The van der Waals surface area contributed by atoms with Crippen molar-refractivity contribution < 1.29 is 38.7 Å². The van der Waals surface area contributed by atoms with Gasteiger partial charge in [-0.15, -0.1) is 0 Å². The van der Waals surface area contributed by atoms with Gasteiger partial charge in [0, 0.05) is 38.0 Å². The second-order valence-electron chi connectivity index (χ2n) is 14.1. The molecule has 2 heterocycles. The number of carbonyl (C=O) groups excluding carboxylic acids is 1. The van der Waals surface area contributed by atoms with Gasteiger partial charge < -0.3 is 34.1 Å². The van der Waals surface area contributed by atoms with Crippen LogP contribution < -0.4 is 14.4 Å². The zero-order valence-corrected chi connectivity index (χ0v) is 25.9. The van der Waals surface area contributed by atoms with Crippen molar-refractivity contribution in [2.45, 2.75) is 69.4 Å². The molecule has 2 atom stereocenters.